The fourth-order valence-electron chi connectivity index (χ4n) is 1.75. The Hall–Kier alpha value is -0.330. The second kappa shape index (κ2) is 5.35. The van der Waals surface area contributed by atoms with Crippen molar-refractivity contribution in [3.63, 3.8) is 0 Å². The summed E-state index contributed by atoms with van der Waals surface area (Å²) in [5, 5.41) is 28.6. The summed E-state index contributed by atoms with van der Waals surface area (Å²) in [5.74, 6) is 0.295. The number of nitrogen functional groups attached to an aromatic ring is 1. The number of aromatic nitrogens is 2. The number of aliphatic hydroxyl groups excluding tert-OH is 3. The number of rotatable bonds is 2. The van der Waals surface area contributed by atoms with Crippen LogP contribution in [0.5, 0.6) is 0 Å². The van der Waals surface area contributed by atoms with Crippen molar-refractivity contribution >= 4 is 40.6 Å². The molecule has 1 aromatic heterocycles. The van der Waals surface area contributed by atoms with Gasteiger partial charge in [0.15, 0.2) is 6.23 Å². The second-order valence-corrected chi connectivity index (χ2v) is 5.42. The lowest BCUT2D eigenvalue weighted by molar-refractivity contribution is -0.0541. The molecule has 1 aliphatic heterocycles. The van der Waals surface area contributed by atoms with Crippen molar-refractivity contribution in [1.82, 2.24) is 9.55 Å². The number of nitrogens with zero attached hydrogens (tertiary/aromatic N) is 2. The minimum Gasteiger partial charge on any atom is -0.394 e. The Morgan fingerprint density at radius 3 is 2.72 bits per heavy atom. The molecule has 1 aliphatic rings. The second-order valence-electron chi connectivity index (χ2n) is 3.89. The summed E-state index contributed by atoms with van der Waals surface area (Å²) < 4.78 is 7.57. The number of hydrogen-bond donors (Lipinski definition) is 4. The molecule has 1 aromatic rings. The lowest BCUT2D eigenvalue weighted by atomic mass is 10.1. The molecule has 0 saturated carbocycles. The van der Waals surface area contributed by atoms with E-state index in [2.05, 4.69) is 4.98 Å². The Labute approximate surface area is 121 Å². The first-order valence-corrected chi connectivity index (χ1v) is 6.61. The van der Waals surface area contributed by atoms with E-state index in [4.69, 9.17) is 27.8 Å². The van der Waals surface area contributed by atoms with Crippen molar-refractivity contribution in [2.45, 2.75) is 24.5 Å². The fraction of sp³-hybridized carbons (Fsp3) is 0.556. The van der Waals surface area contributed by atoms with Crippen molar-refractivity contribution in [3.8, 4) is 0 Å². The monoisotopic (exact) mass is 385 g/mol. The van der Waals surface area contributed by atoms with E-state index < -0.39 is 24.5 Å². The van der Waals surface area contributed by atoms with Crippen LogP contribution in [0.2, 0.25) is 0 Å². The summed E-state index contributed by atoms with van der Waals surface area (Å²) in [7, 11) is 0. The highest BCUT2D eigenvalue weighted by atomic mass is 127. The molecule has 18 heavy (non-hydrogen) atoms. The summed E-state index contributed by atoms with van der Waals surface area (Å²) in [6, 6.07) is 0. The van der Waals surface area contributed by atoms with Gasteiger partial charge in [-0.2, -0.15) is 0 Å². The summed E-state index contributed by atoms with van der Waals surface area (Å²) in [5.41, 5.74) is 5.61. The third-order valence-corrected chi connectivity index (χ3v) is 3.86. The van der Waals surface area contributed by atoms with E-state index in [0.717, 1.165) is 0 Å². The quantitative estimate of drug-likeness (QED) is 0.398. The van der Waals surface area contributed by atoms with Gasteiger partial charge in [0.25, 0.3) is 0 Å². The van der Waals surface area contributed by atoms with Crippen LogP contribution in [0.4, 0.5) is 5.82 Å². The molecule has 7 nitrogen and oxygen atoms in total. The summed E-state index contributed by atoms with van der Waals surface area (Å²) >= 11 is 7.01. The molecule has 2 heterocycles. The molecule has 1 fully saturated rings. The van der Waals surface area contributed by atoms with Gasteiger partial charge in [-0.05, 0) is 34.8 Å². The zero-order valence-electron chi connectivity index (χ0n) is 9.10. The summed E-state index contributed by atoms with van der Waals surface area (Å²) in [4.78, 5) is 3.94. The molecule has 0 spiro atoms. The molecule has 0 aliphatic carbocycles. The van der Waals surface area contributed by atoms with Crippen LogP contribution in [0.25, 0.3) is 0 Å². The minimum atomic E-state index is -1.19. The molecule has 4 atom stereocenters. The van der Waals surface area contributed by atoms with Crippen LogP contribution < -0.4 is 5.73 Å². The van der Waals surface area contributed by atoms with Gasteiger partial charge in [0, 0.05) is 6.20 Å². The Bertz CT molecular complexity index is 511. The number of anilines is 1. The molecule has 9 heteroatoms. The number of ether oxygens (including phenoxy) is 1. The maximum absolute atomic E-state index is 9.88. The van der Waals surface area contributed by atoms with Crippen molar-refractivity contribution in [2.75, 3.05) is 12.3 Å². The van der Waals surface area contributed by atoms with Gasteiger partial charge in [-0.25, -0.2) is 4.98 Å². The number of aliphatic hydroxyl groups is 3. The number of nitrogens with two attached hydrogens (primary N) is 1. The lowest BCUT2D eigenvalue weighted by Crippen LogP contribution is -2.33. The first-order valence-electron chi connectivity index (χ1n) is 5.12. The van der Waals surface area contributed by atoms with Crippen LogP contribution in [0, 0.1) is 8.34 Å². The highest BCUT2D eigenvalue weighted by molar-refractivity contribution is 14.1. The molecule has 5 N–H and O–H groups in total. The van der Waals surface area contributed by atoms with Crippen molar-refractivity contribution < 1.29 is 20.1 Å². The van der Waals surface area contributed by atoms with Crippen LogP contribution in [0.1, 0.15) is 6.23 Å². The lowest BCUT2D eigenvalue weighted by Gasteiger charge is -2.18. The van der Waals surface area contributed by atoms with E-state index in [1.807, 2.05) is 22.6 Å². The predicted octanol–water partition coefficient (Wildman–Crippen LogP) is -0.589. The minimum absolute atomic E-state index is 0.141. The van der Waals surface area contributed by atoms with Crippen molar-refractivity contribution in [2.24, 2.45) is 0 Å². The molecule has 2 rings (SSSR count). The highest BCUT2D eigenvalue weighted by Gasteiger charge is 2.43. The normalized spacial score (nSPS) is 31.8. The van der Waals surface area contributed by atoms with Gasteiger partial charge in [-0.1, -0.05) is 0 Å². The summed E-state index contributed by atoms with van der Waals surface area (Å²) in [6.07, 6.45) is -2.49. The van der Waals surface area contributed by atoms with Gasteiger partial charge in [-0.3, -0.25) is 4.57 Å². The molecule has 0 bridgehead atoms. The number of halogens is 1. The van der Waals surface area contributed by atoms with Crippen molar-refractivity contribution in [3.05, 3.63) is 14.5 Å². The Morgan fingerprint density at radius 1 is 1.50 bits per heavy atom. The van der Waals surface area contributed by atoms with Crippen LogP contribution >= 0.6 is 34.8 Å². The molecular formula is C9H12IN3O4S. The fourth-order valence-corrected chi connectivity index (χ4v) is 2.43. The van der Waals surface area contributed by atoms with Gasteiger partial charge in [0.1, 0.15) is 24.1 Å². The molecule has 0 unspecified atom stereocenters. The molecular weight excluding hydrogens is 373 g/mol. The van der Waals surface area contributed by atoms with Crippen LogP contribution in [0.3, 0.4) is 0 Å². The van der Waals surface area contributed by atoms with E-state index in [1.54, 1.807) is 6.20 Å². The first kappa shape index (κ1) is 14.1. The SMILES string of the molecule is Nc1nc(=S)n([C@@H]2O[C@H](CO)[C@@H](O)[C@@H]2O)cc1I. The largest absolute Gasteiger partial charge is 0.394 e. The Morgan fingerprint density at radius 2 is 2.17 bits per heavy atom. The molecule has 0 radical (unpaired) electrons. The Kier molecular flexibility index (Phi) is 4.18. The third kappa shape index (κ3) is 2.38. The van der Waals surface area contributed by atoms with Gasteiger partial charge >= 0.3 is 0 Å². The molecule has 0 amide bonds. The molecule has 1 saturated heterocycles. The van der Waals surface area contributed by atoms with Crippen LogP contribution in [0.15, 0.2) is 6.20 Å². The third-order valence-electron chi connectivity index (χ3n) is 2.73. The van der Waals surface area contributed by atoms with E-state index in [1.165, 1.54) is 4.57 Å². The number of hydrogen-bond acceptors (Lipinski definition) is 7. The van der Waals surface area contributed by atoms with E-state index >= 15 is 0 Å². The highest BCUT2D eigenvalue weighted by Crippen LogP contribution is 2.30. The van der Waals surface area contributed by atoms with E-state index in [0.29, 0.717) is 9.39 Å². The van der Waals surface area contributed by atoms with Gasteiger partial charge in [0.2, 0.25) is 4.77 Å². The maximum atomic E-state index is 9.88. The molecule has 100 valence electrons. The Balaban J connectivity index is 2.39. The first-order chi connectivity index (χ1) is 8.45. The smallest absolute Gasteiger partial charge is 0.203 e. The van der Waals surface area contributed by atoms with Crippen LogP contribution in [-0.2, 0) is 4.74 Å². The maximum Gasteiger partial charge on any atom is 0.203 e. The van der Waals surface area contributed by atoms with Gasteiger partial charge < -0.3 is 25.8 Å². The van der Waals surface area contributed by atoms with Crippen molar-refractivity contribution in [1.29, 1.82) is 0 Å². The molecule has 0 aromatic carbocycles. The summed E-state index contributed by atoms with van der Waals surface area (Å²) in [6.45, 7) is -0.387. The average Bonchev–Trinajstić information content (AvgIpc) is 2.61. The zero-order valence-corrected chi connectivity index (χ0v) is 12.1. The predicted molar refractivity (Wildman–Crippen MR) is 73.2 cm³/mol. The van der Waals surface area contributed by atoms with Crippen LogP contribution in [-0.4, -0.2) is 49.8 Å². The standard InChI is InChI=1S/C9H12IN3O4S/c10-3-1-13(9(18)12-7(3)11)8-6(16)5(15)4(2-14)17-8/h1,4-6,8,14-16H,2H2,(H2,11,12,18)/t4-,5-,6+,8-/m1/s1. The van der Waals surface area contributed by atoms with Gasteiger partial charge in [-0.15, -0.1) is 0 Å². The van der Waals surface area contributed by atoms with E-state index in [-0.39, 0.29) is 11.4 Å². The zero-order chi connectivity index (χ0) is 13.4. The van der Waals surface area contributed by atoms with Gasteiger partial charge in [0.05, 0.1) is 10.2 Å². The van der Waals surface area contributed by atoms with E-state index in [9.17, 15) is 10.2 Å². The average molecular weight is 385 g/mol. The topological polar surface area (TPSA) is 114 Å².